The van der Waals surface area contributed by atoms with E-state index in [1.165, 1.54) is 56.9 Å². The number of carboxylic acids is 1. The van der Waals surface area contributed by atoms with Gasteiger partial charge in [-0.1, -0.05) is 97.1 Å². The number of primary amides is 1. The second-order valence-electron chi connectivity index (χ2n) is 12.7. The van der Waals surface area contributed by atoms with E-state index in [1.807, 2.05) is 50.5 Å². The first-order chi connectivity index (χ1) is 22.5. The van der Waals surface area contributed by atoms with Crippen LogP contribution >= 0.6 is 11.8 Å². The number of hydrogen-bond donors (Lipinski definition) is 2. The van der Waals surface area contributed by atoms with Crippen LogP contribution in [0.4, 0.5) is 0 Å². The van der Waals surface area contributed by atoms with Crippen molar-refractivity contribution in [2.45, 2.75) is 112 Å². The monoisotopic (exact) mass is 661 g/mol. The Morgan fingerprint density at radius 1 is 0.957 bits per heavy atom. The van der Waals surface area contributed by atoms with Crippen molar-refractivity contribution < 1.29 is 14.7 Å². The Morgan fingerprint density at radius 3 is 2.02 bits per heavy atom. The zero-order chi connectivity index (χ0) is 35.7. The fraction of sp³-hybridized carbons (Fsp3) is 0.550. The number of carbonyl (C=O) groups excluding carboxylic acids is 1. The number of carboxylic acid groups (broad SMARTS) is 1. The van der Waals surface area contributed by atoms with Crippen molar-refractivity contribution in [3.05, 3.63) is 53.9 Å². The molecule has 1 aromatic heterocycles. The van der Waals surface area contributed by atoms with Crippen molar-refractivity contribution in [1.82, 2.24) is 9.97 Å². The average Bonchev–Trinajstić information content (AvgIpc) is 3.33. The van der Waals surface area contributed by atoms with Gasteiger partial charge >= 0.3 is 5.97 Å². The third-order valence-corrected chi connectivity index (χ3v) is 9.21. The number of aryl methyl sites for hydroxylation is 1. The maximum atomic E-state index is 10.7. The number of hydrogen-bond acceptors (Lipinski definition) is 5. The number of thioether (sulfide) groups is 1. The number of amides is 1. The van der Waals surface area contributed by atoms with Gasteiger partial charge in [-0.3, -0.25) is 9.59 Å². The van der Waals surface area contributed by atoms with Crippen LogP contribution in [-0.2, 0) is 16.0 Å². The molecule has 7 heteroatoms. The van der Waals surface area contributed by atoms with E-state index >= 15 is 0 Å². The van der Waals surface area contributed by atoms with E-state index in [0.29, 0.717) is 17.6 Å². The highest BCUT2D eigenvalue weighted by Crippen LogP contribution is 2.38. The molecule has 1 aromatic carbocycles. The molecule has 1 amide bonds. The van der Waals surface area contributed by atoms with E-state index in [1.54, 1.807) is 18.7 Å². The smallest absolute Gasteiger partial charge is 0.303 e. The molecule has 258 valence electrons. The molecule has 0 spiro atoms. The SMILES string of the molecule is C#C.C#CC.CC.CC(C)(C)CSCC(N)=O.O=C(O)CCc1ccc(-c2ncc(C3=CCC(C4CCCCC4)CCC3)cn2)cc1. The Morgan fingerprint density at radius 2 is 1.51 bits per heavy atom. The number of aliphatic carboxylic acids is 1. The molecule has 1 fully saturated rings. The molecule has 2 aliphatic carbocycles. The molecule has 4 rings (SSSR count). The fourth-order valence-electron chi connectivity index (χ4n) is 5.54. The standard InChI is InChI=1S/C26H32N2O2.C7H15NOS.C3H4.C2H6.C2H2/c29-25(30)16-11-19-9-12-23(13-10-19)26-27-17-24(18-28-26)22-8-4-7-21(14-15-22)20-5-2-1-3-6-20;1-7(2,3)5-10-4-6(8)9;1-3-2;2*1-2/h9-10,12-13,15,17-18,20-21H,1-8,11,14,16H2,(H,29,30);4-5H2,1-3H3,(H2,8,9);1H,2H3;1-2H3;1-2H. The molecule has 1 unspecified atom stereocenters. The lowest BCUT2D eigenvalue weighted by atomic mass is 9.77. The molecule has 0 bridgehead atoms. The molecular formula is C40H59N3O3S. The predicted molar refractivity (Wildman–Crippen MR) is 202 cm³/mol. The number of carbonyl (C=O) groups is 2. The van der Waals surface area contributed by atoms with Gasteiger partial charge in [-0.25, -0.2) is 9.97 Å². The van der Waals surface area contributed by atoms with Gasteiger partial charge in [0.2, 0.25) is 5.91 Å². The van der Waals surface area contributed by atoms with Crippen molar-refractivity contribution in [2.24, 2.45) is 23.0 Å². The molecule has 0 aliphatic heterocycles. The summed E-state index contributed by atoms with van der Waals surface area (Å²) in [6.45, 7) is 12.1. The predicted octanol–water partition coefficient (Wildman–Crippen LogP) is 9.48. The van der Waals surface area contributed by atoms with E-state index in [2.05, 4.69) is 62.0 Å². The van der Waals surface area contributed by atoms with E-state index in [0.717, 1.165) is 46.5 Å². The van der Waals surface area contributed by atoms with Gasteiger partial charge in [0.05, 0.1) is 5.75 Å². The molecule has 3 N–H and O–H groups in total. The van der Waals surface area contributed by atoms with Gasteiger partial charge in [-0.05, 0) is 73.2 Å². The van der Waals surface area contributed by atoms with Crippen LogP contribution in [0.25, 0.3) is 17.0 Å². The Labute approximate surface area is 290 Å². The summed E-state index contributed by atoms with van der Waals surface area (Å²) in [4.78, 5) is 30.2. The van der Waals surface area contributed by atoms with Gasteiger partial charge < -0.3 is 10.8 Å². The first-order valence-corrected chi connectivity index (χ1v) is 18.1. The van der Waals surface area contributed by atoms with Crippen LogP contribution in [0, 0.1) is 42.4 Å². The third kappa shape index (κ3) is 19.7. The number of nitrogens with two attached hydrogens (primary N) is 1. The van der Waals surface area contributed by atoms with Gasteiger partial charge in [-0.15, -0.1) is 25.2 Å². The van der Waals surface area contributed by atoms with E-state index in [4.69, 9.17) is 10.8 Å². The molecule has 0 saturated heterocycles. The van der Waals surface area contributed by atoms with Gasteiger partial charge in [0, 0.05) is 29.9 Å². The minimum Gasteiger partial charge on any atom is -0.481 e. The molecule has 2 aromatic rings. The van der Waals surface area contributed by atoms with Crippen molar-refractivity contribution >= 4 is 29.2 Å². The van der Waals surface area contributed by atoms with Gasteiger partial charge in [0.15, 0.2) is 5.82 Å². The molecular weight excluding hydrogens is 603 g/mol. The Balaban J connectivity index is 0.00000105. The zero-order valence-corrected chi connectivity index (χ0v) is 30.6. The van der Waals surface area contributed by atoms with Gasteiger partial charge in [-0.2, -0.15) is 11.8 Å². The molecule has 0 radical (unpaired) electrons. The summed E-state index contributed by atoms with van der Waals surface area (Å²) in [6.07, 6.45) is 31.8. The lowest BCUT2D eigenvalue weighted by Crippen LogP contribution is -2.17. The van der Waals surface area contributed by atoms with E-state index in [9.17, 15) is 9.59 Å². The average molecular weight is 662 g/mol. The highest BCUT2D eigenvalue weighted by molar-refractivity contribution is 7.99. The topological polar surface area (TPSA) is 106 Å². The van der Waals surface area contributed by atoms with Crippen LogP contribution < -0.4 is 5.73 Å². The second-order valence-corrected chi connectivity index (χ2v) is 13.7. The first kappa shape index (κ1) is 43.5. The van der Waals surface area contributed by atoms with Crippen LogP contribution in [0.2, 0.25) is 0 Å². The number of rotatable bonds is 9. The second kappa shape index (κ2) is 25.5. The highest BCUT2D eigenvalue weighted by Gasteiger charge is 2.24. The van der Waals surface area contributed by atoms with E-state index in [-0.39, 0.29) is 12.3 Å². The summed E-state index contributed by atoms with van der Waals surface area (Å²) < 4.78 is 0. The van der Waals surface area contributed by atoms with Crippen LogP contribution in [0.3, 0.4) is 0 Å². The van der Waals surface area contributed by atoms with Crippen LogP contribution in [0.5, 0.6) is 0 Å². The summed E-state index contributed by atoms with van der Waals surface area (Å²) in [5.74, 6) is 5.20. The maximum absolute atomic E-state index is 10.7. The van der Waals surface area contributed by atoms with Crippen molar-refractivity contribution in [3.63, 3.8) is 0 Å². The highest BCUT2D eigenvalue weighted by atomic mass is 32.2. The van der Waals surface area contributed by atoms with E-state index < -0.39 is 5.97 Å². The number of allylic oxidation sites excluding steroid dienone is 2. The third-order valence-electron chi connectivity index (χ3n) is 7.65. The van der Waals surface area contributed by atoms with Crippen LogP contribution in [-0.4, -0.2) is 38.5 Å². The Hall–Kier alpha value is -3.55. The van der Waals surface area contributed by atoms with Crippen molar-refractivity contribution in [2.75, 3.05) is 11.5 Å². The van der Waals surface area contributed by atoms with Gasteiger partial charge in [0.25, 0.3) is 0 Å². The van der Waals surface area contributed by atoms with Crippen molar-refractivity contribution in [3.8, 4) is 36.6 Å². The molecule has 1 heterocycles. The lowest BCUT2D eigenvalue weighted by Gasteiger charge is -2.29. The number of terminal acetylenes is 2. The minimum absolute atomic E-state index is 0.154. The summed E-state index contributed by atoms with van der Waals surface area (Å²) >= 11 is 1.59. The minimum atomic E-state index is -0.768. The fourth-order valence-corrected chi connectivity index (χ4v) is 6.45. The van der Waals surface area contributed by atoms with Crippen LogP contribution in [0.15, 0.2) is 42.7 Å². The quantitative estimate of drug-likeness (QED) is 0.259. The van der Waals surface area contributed by atoms with Gasteiger partial charge in [0.1, 0.15) is 0 Å². The normalized spacial score (nSPS) is 15.8. The molecule has 47 heavy (non-hydrogen) atoms. The number of benzene rings is 1. The van der Waals surface area contributed by atoms with Crippen LogP contribution in [0.1, 0.15) is 117 Å². The zero-order valence-electron chi connectivity index (χ0n) is 29.8. The number of aromatic nitrogens is 2. The molecule has 6 nitrogen and oxygen atoms in total. The Kier molecular flexibility index (Phi) is 23.6. The summed E-state index contributed by atoms with van der Waals surface area (Å²) in [5.41, 5.74) is 9.80. The summed E-state index contributed by atoms with van der Waals surface area (Å²) in [6, 6.07) is 7.89. The Bertz CT molecular complexity index is 1230. The molecule has 1 saturated carbocycles. The summed E-state index contributed by atoms with van der Waals surface area (Å²) in [7, 11) is 0. The lowest BCUT2D eigenvalue weighted by molar-refractivity contribution is -0.137. The molecule has 1 atom stereocenters. The first-order valence-electron chi connectivity index (χ1n) is 16.9. The molecule has 2 aliphatic rings. The van der Waals surface area contributed by atoms with Crippen molar-refractivity contribution in [1.29, 1.82) is 0 Å². The maximum Gasteiger partial charge on any atom is 0.303 e. The number of nitrogens with zero attached hydrogens (tertiary/aromatic N) is 2. The largest absolute Gasteiger partial charge is 0.481 e. The summed E-state index contributed by atoms with van der Waals surface area (Å²) in [5, 5.41) is 8.81.